The zero-order valence-corrected chi connectivity index (χ0v) is 8.22. The molecule has 72 valence electrons. The number of carbonyl (C=O) groups is 2. The molecule has 0 atom stereocenters. The molecule has 1 rings (SSSR count). The summed E-state index contributed by atoms with van der Waals surface area (Å²) < 4.78 is 4.81. The molecule has 0 unspecified atom stereocenters. The van der Waals surface area contributed by atoms with E-state index in [1.165, 1.54) is 6.92 Å². The summed E-state index contributed by atoms with van der Waals surface area (Å²) in [5.74, 6) is -0.296. The molecular weight excluding hydrogens is 168 g/mol. The minimum Gasteiger partial charge on any atom is -0.423 e. The SMILES string of the molecule is CC(=O)OC1=CC(C)(C)CCC1=O. The Morgan fingerprint density at radius 1 is 1.54 bits per heavy atom. The Balaban J connectivity index is 2.84. The molecule has 0 saturated carbocycles. The smallest absolute Gasteiger partial charge is 0.308 e. The van der Waals surface area contributed by atoms with Crippen LogP contribution in [0.2, 0.25) is 0 Å². The predicted octanol–water partition coefficient (Wildman–Crippen LogP) is 1.82. The van der Waals surface area contributed by atoms with Crippen LogP contribution in [0, 0.1) is 5.41 Å². The van der Waals surface area contributed by atoms with Crippen LogP contribution < -0.4 is 0 Å². The van der Waals surface area contributed by atoms with Gasteiger partial charge in [0.2, 0.25) is 0 Å². The number of hydrogen-bond donors (Lipinski definition) is 0. The van der Waals surface area contributed by atoms with Crippen molar-refractivity contribution in [1.29, 1.82) is 0 Å². The molecule has 0 saturated heterocycles. The minimum absolute atomic E-state index is 0.0430. The van der Waals surface area contributed by atoms with Crippen molar-refractivity contribution in [1.82, 2.24) is 0 Å². The number of carbonyl (C=O) groups excluding carboxylic acids is 2. The van der Waals surface area contributed by atoms with E-state index in [4.69, 9.17) is 4.74 Å². The Bertz CT molecular complexity index is 274. The fraction of sp³-hybridized carbons (Fsp3) is 0.600. The van der Waals surface area contributed by atoms with Crippen LogP contribution in [0.5, 0.6) is 0 Å². The number of ketones is 1. The second-order valence-corrected chi connectivity index (χ2v) is 4.01. The van der Waals surface area contributed by atoms with Crippen molar-refractivity contribution in [2.24, 2.45) is 5.41 Å². The molecule has 0 amide bonds. The highest BCUT2D eigenvalue weighted by molar-refractivity contribution is 5.96. The van der Waals surface area contributed by atoms with E-state index in [0.717, 1.165) is 6.42 Å². The molecule has 0 aliphatic heterocycles. The zero-order chi connectivity index (χ0) is 10.1. The van der Waals surface area contributed by atoms with Gasteiger partial charge in [-0.2, -0.15) is 0 Å². The molecule has 1 aliphatic carbocycles. The van der Waals surface area contributed by atoms with Crippen LogP contribution in [0.1, 0.15) is 33.6 Å². The van der Waals surface area contributed by atoms with Gasteiger partial charge in [0.05, 0.1) is 0 Å². The topological polar surface area (TPSA) is 43.4 Å². The first-order chi connectivity index (χ1) is 5.91. The first-order valence-electron chi connectivity index (χ1n) is 4.35. The van der Waals surface area contributed by atoms with E-state index in [0.29, 0.717) is 6.42 Å². The first-order valence-corrected chi connectivity index (χ1v) is 4.35. The molecule has 3 nitrogen and oxygen atoms in total. The molecule has 0 aromatic rings. The molecule has 3 heteroatoms. The second kappa shape index (κ2) is 3.32. The van der Waals surface area contributed by atoms with Gasteiger partial charge in [0.1, 0.15) is 0 Å². The third-order valence-corrected chi connectivity index (χ3v) is 2.05. The van der Waals surface area contributed by atoms with Gasteiger partial charge in [-0.3, -0.25) is 9.59 Å². The highest BCUT2D eigenvalue weighted by Gasteiger charge is 2.27. The molecule has 0 heterocycles. The average molecular weight is 182 g/mol. The molecular formula is C10H14O3. The zero-order valence-electron chi connectivity index (χ0n) is 8.22. The number of ether oxygens (including phenoxy) is 1. The maximum Gasteiger partial charge on any atom is 0.308 e. The Morgan fingerprint density at radius 2 is 2.15 bits per heavy atom. The highest BCUT2D eigenvalue weighted by atomic mass is 16.5. The molecule has 0 N–H and O–H groups in total. The Hall–Kier alpha value is -1.12. The molecule has 0 aromatic carbocycles. The summed E-state index contributed by atoms with van der Waals surface area (Å²) in [5, 5.41) is 0. The molecule has 0 bridgehead atoms. The van der Waals surface area contributed by atoms with Crippen molar-refractivity contribution in [3.63, 3.8) is 0 Å². The minimum atomic E-state index is -0.433. The summed E-state index contributed by atoms with van der Waals surface area (Å²) in [5.41, 5.74) is -0.0430. The highest BCUT2D eigenvalue weighted by Crippen LogP contribution is 2.31. The summed E-state index contributed by atoms with van der Waals surface area (Å²) in [7, 11) is 0. The largest absolute Gasteiger partial charge is 0.423 e. The number of esters is 1. The maximum atomic E-state index is 11.3. The van der Waals surface area contributed by atoms with E-state index >= 15 is 0 Å². The van der Waals surface area contributed by atoms with Crippen molar-refractivity contribution in [3.05, 3.63) is 11.8 Å². The Kier molecular flexibility index (Phi) is 2.55. The molecule has 0 aromatic heterocycles. The Labute approximate surface area is 77.8 Å². The lowest BCUT2D eigenvalue weighted by Gasteiger charge is -2.25. The monoisotopic (exact) mass is 182 g/mol. The van der Waals surface area contributed by atoms with Gasteiger partial charge in [0.25, 0.3) is 0 Å². The number of Topliss-reactive ketones (excluding diaryl/α,β-unsaturated/α-hetero) is 1. The van der Waals surface area contributed by atoms with Crippen molar-refractivity contribution in [2.45, 2.75) is 33.6 Å². The van der Waals surface area contributed by atoms with Gasteiger partial charge in [-0.05, 0) is 17.9 Å². The lowest BCUT2D eigenvalue weighted by molar-refractivity contribution is -0.140. The van der Waals surface area contributed by atoms with E-state index in [2.05, 4.69) is 0 Å². The average Bonchev–Trinajstić information content (AvgIpc) is 1.95. The fourth-order valence-corrected chi connectivity index (χ4v) is 1.31. The molecule has 1 aliphatic rings. The number of rotatable bonds is 1. The molecule has 0 fully saturated rings. The van der Waals surface area contributed by atoms with E-state index in [9.17, 15) is 9.59 Å². The Morgan fingerprint density at radius 3 is 2.69 bits per heavy atom. The van der Waals surface area contributed by atoms with Gasteiger partial charge in [0, 0.05) is 13.3 Å². The molecule has 0 radical (unpaired) electrons. The van der Waals surface area contributed by atoms with Crippen molar-refractivity contribution in [2.75, 3.05) is 0 Å². The van der Waals surface area contributed by atoms with Crippen LogP contribution in [-0.2, 0) is 14.3 Å². The third-order valence-electron chi connectivity index (χ3n) is 2.05. The summed E-state index contributed by atoms with van der Waals surface area (Å²) in [6, 6.07) is 0. The van der Waals surface area contributed by atoms with Crippen LogP contribution in [0.3, 0.4) is 0 Å². The predicted molar refractivity (Wildman–Crippen MR) is 47.9 cm³/mol. The number of allylic oxidation sites excluding steroid dienone is 2. The van der Waals surface area contributed by atoms with Crippen LogP contribution in [0.25, 0.3) is 0 Å². The van der Waals surface area contributed by atoms with E-state index < -0.39 is 5.97 Å². The van der Waals surface area contributed by atoms with Gasteiger partial charge in [-0.25, -0.2) is 0 Å². The van der Waals surface area contributed by atoms with E-state index in [-0.39, 0.29) is 17.0 Å². The third kappa shape index (κ3) is 2.68. The van der Waals surface area contributed by atoms with Gasteiger partial charge in [-0.1, -0.05) is 13.8 Å². The number of hydrogen-bond acceptors (Lipinski definition) is 3. The maximum absolute atomic E-state index is 11.3. The normalized spacial score (nSPS) is 20.8. The summed E-state index contributed by atoms with van der Waals surface area (Å²) >= 11 is 0. The van der Waals surface area contributed by atoms with Gasteiger partial charge in [0.15, 0.2) is 11.5 Å². The standard InChI is InChI=1S/C10H14O3/c1-7(11)13-9-6-10(2,3)5-4-8(9)12/h6H,4-5H2,1-3H3. The van der Waals surface area contributed by atoms with Crippen LogP contribution >= 0.6 is 0 Å². The van der Waals surface area contributed by atoms with Crippen molar-refractivity contribution >= 4 is 11.8 Å². The van der Waals surface area contributed by atoms with E-state index in [1.807, 2.05) is 13.8 Å². The van der Waals surface area contributed by atoms with E-state index in [1.54, 1.807) is 6.08 Å². The van der Waals surface area contributed by atoms with Gasteiger partial charge >= 0.3 is 5.97 Å². The quantitative estimate of drug-likeness (QED) is 0.581. The van der Waals surface area contributed by atoms with Gasteiger partial charge < -0.3 is 4.74 Å². The van der Waals surface area contributed by atoms with Crippen LogP contribution in [0.15, 0.2) is 11.8 Å². The fourth-order valence-electron chi connectivity index (χ4n) is 1.31. The summed E-state index contributed by atoms with van der Waals surface area (Å²) in [4.78, 5) is 21.9. The first kappa shape index (κ1) is 9.96. The molecule has 0 spiro atoms. The van der Waals surface area contributed by atoms with Crippen LogP contribution in [-0.4, -0.2) is 11.8 Å². The summed E-state index contributed by atoms with van der Waals surface area (Å²) in [6.07, 6.45) is 3.02. The molecule has 13 heavy (non-hydrogen) atoms. The van der Waals surface area contributed by atoms with Crippen molar-refractivity contribution < 1.29 is 14.3 Å². The van der Waals surface area contributed by atoms with Crippen molar-refractivity contribution in [3.8, 4) is 0 Å². The lowest BCUT2D eigenvalue weighted by Crippen LogP contribution is -2.22. The van der Waals surface area contributed by atoms with Gasteiger partial charge in [-0.15, -0.1) is 0 Å². The summed E-state index contributed by atoms with van der Waals surface area (Å²) in [6.45, 7) is 5.33. The van der Waals surface area contributed by atoms with Crippen LogP contribution in [0.4, 0.5) is 0 Å². The lowest BCUT2D eigenvalue weighted by atomic mass is 9.82. The second-order valence-electron chi connectivity index (χ2n) is 4.01.